The van der Waals surface area contributed by atoms with Crippen LogP contribution < -0.4 is 4.74 Å². The van der Waals surface area contributed by atoms with Crippen molar-refractivity contribution >= 4 is 5.97 Å². The maximum Gasteiger partial charge on any atom is 0.339 e. The molecule has 0 radical (unpaired) electrons. The van der Waals surface area contributed by atoms with Crippen molar-refractivity contribution in [2.45, 2.75) is 26.3 Å². The Labute approximate surface area is 116 Å². The highest BCUT2D eigenvalue weighted by Crippen LogP contribution is 2.26. The number of aryl methyl sites for hydroxylation is 3. The highest BCUT2D eigenvalue weighted by Gasteiger charge is 2.13. The molecule has 0 spiro atoms. The molecule has 0 aliphatic carbocycles. The monoisotopic (exact) mass is 272 g/mol. The minimum Gasteiger partial charge on any atom is -0.493 e. The summed E-state index contributed by atoms with van der Waals surface area (Å²) in [5, 5.41) is 13.2. The number of carboxylic acids is 1. The standard InChI is InChI=1S/C15H16N2O3/c1-10-13(15(18)19)9-17(16-10)6-4-11-2-3-14-12(8-11)5-7-20-14/h2-3,8-9H,4-7H2,1H3,(H,18,19). The number of aromatic nitrogens is 2. The molecule has 3 rings (SSSR count). The summed E-state index contributed by atoms with van der Waals surface area (Å²) in [7, 11) is 0. The van der Waals surface area contributed by atoms with E-state index < -0.39 is 5.97 Å². The normalized spacial score (nSPS) is 13.1. The number of nitrogens with zero attached hydrogens (tertiary/aromatic N) is 2. The van der Waals surface area contributed by atoms with Crippen molar-refractivity contribution in [1.29, 1.82) is 0 Å². The lowest BCUT2D eigenvalue weighted by molar-refractivity contribution is 0.0696. The zero-order chi connectivity index (χ0) is 14.1. The van der Waals surface area contributed by atoms with Gasteiger partial charge in [0.15, 0.2) is 0 Å². The van der Waals surface area contributed by atoms with Crippen LogP contribution in [0, 0.1) is 6.92 Å². The van der Waals surface area contributed by atoms with Crippen LogP contribution in [-0.4, -0.2) is 27.5 Å². The fourth-order valence-corrected chi connectivity index (χ4v) is 2.48. The number of rotatable bonds is 4. The second kappa shape index (κ2) is 5.00. The zero-order valence-corrected chi connectivity index (χ0v) is 11.3. The molecule has 0 bridgehead atoms. The van der Waals surface area contributed by atoms with E-state index in [9.17, 15) is 4.79 Å². The first-order valence-corrected chi connectivity index (χ1v) is 6.65. The molecule has 20 heavy (non-hydrogen) atoms. The SMILES string of the molecule is Cc1nn(CCc2ccc3c(c2)CCO3)cc1C(=O)O. The molecule has 2 aromatic rings. The number of benzene rings is 1. The van der Waals surface area contributed by atoms with E-state index in [1.807, 2.05) is 6.07 Å². The van der Waals surface area contributed by atoms with Crippen molar-refractivity contribution in [3.63, 3.8) is 0 Å². The molecule has 0 saturated heterocycles. The van der Waals surface area contributed by atoms with E-state index in [-0.39, 0.29) is 5.56 Å². The molecule has 1 aliphatic heterocycles. The molecule has 104 valence electrons. The summed E-state index contributed by atoms with van der Waals surface area (Å²) in [6.07, 6.45) is 3.38. The molecular weight excluding hydrogens is 256 g/mol. The van der Waals surface area contributed by atoms with Crippen LogP contribution in [0.25, 0.3) is 0 Å². The van der Waals surface area contributed by atoms with Gasteiger partial charge in [0.1, 0.15) is 11.3 Å². The molecule has 2 heterocycles. The first-order valence-electron chi connectivity index (χ1n) is 6.65. The van der Waals surface area contributed by atoms with Gasteiger partial charge < -0.3 is 9.84 Å². The molecule has 0 amide bonds. The van der Waals surface area contributed by atoms with Gasteiger partial charge in [0.2, 0.25) is 0 Å². The van der Waals surface area contributed by atoms with Crippen LogP contribution in [0.4, 0.5) is 0 Å². The van der Waals surface area contributed by atoms with Crippen LogP contribution in [0.5, 0.6) is 5.75 Å². The number of aromatic carboxylic acids is 1. The maximum absolute atomic E-state index is 11.0. The summed E-state index contributed by atoms with van der Waals surface area (Å²) in [5.74, 6) is 0.0558. The topological polar surface area (TPSA) is 64.4 Å². The van der Waals surface area contributed by atoms with Gasteiger partial charge >= 0.3 is 5.97 Å². The summed E-state index contributed by atoms with van der Waals surface area (Å²) in [5.41, 5.74) is 3.30. The quantitative estimate of drug-likeness (QED) is 0.925. The molecular formula is C15H16N2O3. The van der Waals surface area contributed by atoms with Crippen molar-refractivity contribution < 1.29 is 14.6 Å². The van der Waals surface area contributed by atoms with Crippen molar-refractivity contribution in [3.8, 4) is 5.75 Å². The van der Waals surface area contributed by atoms with Crippen LogP contribution >= 0.6 is 0 Å². The summed E-state index contributed by atoms with van der Waals surface area (Å²) >= 11 is 0. The molecule has 1 aromatic heterocycles. The van der Waals surface area contributed by atoms with Crippen LogP contribution in [0.15, 0.2) is 24.4 Å². The number of carboxylic acid groups (broad SMARTS) is 1. The van der Waals surface area contributed by atoms with Gasteiger partial charge in [-0.3, -0.25) is 4.68 Å². The second-order valence-electron chi connectivity index (χ2n) is 4.99. The largest absolute Gasteiger partial charge is 0.493 e. The van der Waals surface area contributed by atoms with Gasteiger partial charge in [-0.2, -0.15) is 5.10 Å². The Hall–Kier alpha value is -2.30. The van der Waals surface area contributed by atoms with Crippen LogP contribution in [-0.2, 0) is 19.4 Å². The fraction of sp³-hybridized carbons (Fsp3) is 0.333. The van der Waals surface area contributed by atoms with Gasteiger partial charge in [0.05, 0.1) is 12.3 Å². The van der Waals surface area contributed by atoms with Gasteiger partial charge in [-0.15, -0.1) is 0 Å². The third-order valence-electron chi connectivity index (χ3n) is 3.56. The van der Waals surface area contributed by atoms with E-state index in [4.69, 9.17) is 9.84 Å². The molecule has 0 saturated carbocycles. The lowest BCUT2D eigenvalue weighted by atomic mass is 10.1. The number of hydrogen-bond acceptors (Lipinski definition) is 3. The summed E-state index contributed by atoms with van der Waals surface area (Å²) < 4.78 is 7.18. The summed E-state index contributed by atoms with van der Waals surface area (Å²) in [6, 6.07) is 6.23. The number of fused-ring (bicyclic) bond motifs is 1. The molecule has 5 heteroatoms. The summed E-state index contributed by atoms with van der Waals surface area (Å²) in [4.78, 5) is 11.0. The smallest absolute Gasteiger partial charge is 0.339 e. The molecule has 1 N–H and O–H groups in total. The second-order valence-corrected chi connectivity index (χ2v) is 4.99. The van der Waals surface area contributed by atoms with E-state index in [1.165, 1.54) is 11.1 Å². The maximum atomic E-state index is 11.0. The number of ether oxygens (including phenoxy) is 1. The fourth-order valence-electron chi connectivity index (χ4n) is 2.48. The van der Waals surface area contributed by atoms with E-state index >= 15 is 0 Å². The Morgan fingerprint density at radius 3 is 3.10 bits per heavy atom. The number of carbonyl (C=O) groups is 1. The average Bonchev–Trinajstić information content (AvgIpc) is 3.01. The minimum atomic E-state index is -0.927. The van der Waals surface area contributed by atoms with Gasteiger partial charge in [-0.05, 0) is 30.5 Å². The summed E-state index contributed by atoms with van der Waals surface area (Å²) in [6.45, 7) is 3.15. The van der Waals surface area contributed by atoms with Crippen molar-refractivity contribution in [1.82, 2.24) is 9.78 Å². The van der Waals surface area contributed by atoms with E-state index in [1.54, 1.807) is 17.8 Å². The first-order chi connectivity index (χ1) is 9.63. The Balaban J connectivity index is 1.70. The third-order valence-corrected chi connectivity index (χ3v) is 3.56. The van der Waals surface area contributed by atoms with Gasteiger partial charge in [-0.1, -0.05) is 12.1 Å². The highest BCUT2D eigenvalue weighted by molar-refractivity contribution is 5.88. The molecule has 0 atom stereocenters. The predicted octanol–water partition coefficient (Wildman–Crippen LogP) is 2.07. The lowest BCUT2D eigenvalue weighted by Crippen LogP contribution is -2.02. The molecule has 0 fully saturated rings. The van der Waals surface area contributed by atoms with Crippen molar-refractivity contribution in [2.24, 2.45) is 0 Å². The van der Waals surface area contributed by atoms with Crippen LogP contribution in [0.2, 0.25) is 0 Å². The minimum absolute atomic E-state index is 0.271. The third kappa shape index (κ3) is 2.39. The van der Waals surface area contributed by atoms with Gasteiger partial charge in [0.25, 0.3) is 0 Å². The average molecular weight is 272 g/mol. The molecule has 5 nitrogen and oxygen atoms in total. The Bertz CT molecular complexity index is 661. The van der Waals surface area contributed by atoms with Gasteiger partial charge in [-0.25, -0.2) is 4.79 Å². The Morgan fingerprint density at radius 2 is 2.35 bits per heavy atom. The van der Waals surface area contributed by atoms with E-state index in [0.29, 0.717) is 12.2 Å². The van der Waals surface area contributed by atoms with E-state index in [0.717, 1.165) is 25.2 Å². The molecule has 1 aromatic carbocycles. The Kier molecular flexibility index (Phi) is 3.18. The molecule has 0 unspecified atom stereocenters. The van der Waals surface area contributed by atoms with Crippen molar-refractivity contribution in [3.05, 3.63) is 46.8 Å². The Morgan fingerprint density at radius 1 is 1.50 bits per heavy atom. The number of hydrogen-bond donors (Lipinski definition) is 1. The van der Waals surface area contributed by atoms with Crippen molar-refractivity contribution in [2.75, 3.05) is 6.61 Å². The lowest BCUT2D eigenvalue weighted by Gasteiger charge is -2.04. The zero-order valence-electron chi connectivity index (χ0n) is 11.3. The van der Waals surface area contributed by atoms with E-state index in [2.05, 4.69) is 17.2 Å². The molecule has 1 aliphatic rings. The highest BCUT2D eigenvalue weighted by atomic mass is 16.5. The van der Waals surface area contributed by atoms with Gasteiger partial charge in [0, 0.05) is 19.2 Å². The van der Waals surface area contributed by atoms with Crippen LogP contribution in [0.1, 0.15) is 27.2 Å². The first kappa shape index (κ1) is 12.7. The predicted molar refractivity (Wildman–Crippen MR) is 73.3 cm³/mol. The van der Waals surface area contributed by atoms with Crippen LogP contribution in [0.3, 0.4) is 0 Å².